The first kappa shape index (κ1) is 30.5. The van der Waals surface area contributed by atoms with Crippen molar-refractivity contribution in [1.82, 2.24) is 9.80 Å². The molecule has 1 amide bonds. The van der Waals surface area contributed by atoms with Gasteiger partial charge >= 0.3 is 0 Å². The van der Waals surface area contributed by atoms with Gasteiger partial charge in [0.15, 0.2) is 0 Å². The molecule has 3 aromatic rings. The molecule has 2 saturated heterocycles. The second-order valence-electron chi connectivity index (χ2n) is 12.9. The van der Waals surface area contributed by atoms with Crippen LogP contribution in [-0.4, -0.2) is 54.5 Å². The van der Waals surface area contributed by atoms with Gasteiger partial charge in [-0.25, -0.2) is 0 Å². The normalized spacial score (nSPS) is 21.7. The summed E-state index contributed by atoms with van der Waals surface area (Å²) >= 11 is 12.9. The molecule has 3 aromatic carbocycles. The molecule has 228 valence electrons. The summed E-state index contributed by atoms with van der Waals surface area (Å²) in [7, 11) is 0. The van der Waals surface area contributed by atoms with E-state index in [2.05, 4.69) is 40.1 Å². The maximum atomic E-state index is 13.7. The van der Waals surface area contributed by atoms with E-state index in [-0.39, 0.29) is 23.0 Å². The monoisotopic (exact) mass is 620 g/mol. The molecule has 0 aliphatic carbocycles. The van der Waals surface area contributed by atoms with Gasteiger partial charge in [-0.3, -0.25) is 4.79 Å². The fraction of sp³-hybridized carbons (Fsp3) is 0.472. The smallest absolute Gasteiger partial charge is 0.227 e. The highest BCUT2D eigenvalue weighted by Crippen LogP contribution is 2.45. The fourth-order valence-corrected chi connectivity index (χ4v) is 7.65. The highest BCUT2D eigenvalue weighted by Gasteiger charge is 2.43. The summed E-state index contributed by atoms with van der Waals surface area (Å²) < 4.78 is 12.3. The highest BCUT2D eigenvalue weighted by molar-refractivity contribution is 6.42. The average molecular weight is 622 g/mol. The molecule has 3 heterocycles. The first-order valence-corrected chi connectivity index (χ1v) is 16.4. The zero-order chi connectivity index (χ0) is 30.0. The van der Waals surface area contributed by atoms with Gasteiger partial charge < -0.3 is 19.3 Å². The molecular weight excluding hydrogens is 579 g/mol. The van der Waals surface area contributed by atoms with E-state index >= 15 is 0 Å². The quantitative estimate of drug-likeness (QED) is 0.258. The van der Waals surface area contributed by atoms with E-state index < -0.39 is 0 Å². The SMILES string of the molecule is CC(C)Oc1cccc(CC(=O)N2CCCC(CCN3CCC4(CC3)OCc3ccccc34)(c3ccc(Cl)c(Cl)c3)C2)c1. The standard InChI is InChI=1S/C36H42Cl2N2O3/c1-26(2)43-30-9-5-7-27(21-30)22-34(41)40-17-6-13-35(25-40,29-11-12-32(37)33(38)23-29)14-18-39-19-15-36(16-20-39)31-10-4-3-8-28(31)24-42-36/h3-5,7-12,21,23,26H,6,13-20,22,24-25H2,1-2H3. The van der Waals surface area contributed by atoms with E-state index in [1.165, 1.54) is 16.7 Å². The zero-order valence-electron chi connectivity index (χ0n) is 25.3. The molecule has 1 atom stereocenters. The first-order chi connectivity index (χ1) is 20.8. The lowest BCUT2D eigenvalue weighted by Gasteiger charge is -2.45. The minimum atomic E-state index is -0.184. The molecule has 3 aliphatic heterocycles. The van der Waals surface area contributed by atoms with E-state index in [9.17, 15) is 4.79 Å². The zero-order valence-corrected chi connectivity index (χ0v) is 26.8. The van der Waals surface area contributed by atoms with E-state index in [1.807, 2.05) is 50.2 Å². The van der Waals surface area contributed by atoms with Crippen molar-refractivity contribution in [1.29, 1.82) is 0 Å². The molecule has 7 heteroatoms. The topological polar surface area (TPSA) is 42.0 Å². The van der Waals surface area contributed by atoms with Crippen LogP contribution in [0.5, 0.6) is 5.75 Å². The van der Waals surface area contributed by atoms with Crippen LogP contribution in [0.25, 0.3) is 0 Å². The molecular formula is C36H42Cl2N2O3. The Morgan fingerprint density at radius 2 is 1.77 bits per heavy atom. The number of nitrogens with zero attached hydrogens (tertiary/aromatic N) is 2. The van der Waals surface area contributed by atoms with Crippen molar-refractivity contribution in [3.05, 3.63) is 99.0 Å². The number of carbonyl (C=O) groups excluding carboxylic acids is 1. The third-order valence-corrected chi connectivity index (χ3v) is 10.4. The highest BCUT2D eigenvalue weighted by atomic mass is 35.5. The Morgan fingerprint density at radius 1 is 0.953 bits per heavy atom. The summed E-state index contributed by atoms with van der Waals surface area (Å²) in [6, 6.07) is 22.6. The minimum Gasteiger partial charge on any atom is -0.491 e. The Morgan fingerprint density at radius 3 is 2.56 bits per heavy atom. The predicted molar refractivity (Wildman–Crippen MR) is 173 cm³/mol. The second kappa shape index (κ2) is 12.8. The maximum absolute atomic E-state index is 13.7. The Hall–Kier alpha value is -2.57. The Labute approximate surface area is 266 Å². The maximum Gasteiger partial charge on any atom is 0.227 e. The summed E-state index contributed by atoms with van der Waals surface area (Å²) in [6.07, 6.45) is 5.39. The molecule has 3 aliphatic rings. The molecule has 43 heavy (non-hydrogen) atoms. The third kappa shape index (κ3) is 6.61. The number of halogens is 2. The number of ether oxygens (including phenoxy) is 2. The molecule has 0 N–H and O–H groups in total. The Bertz CT molecular complexity index is 1450. The van der Waals surface area contributed by atoms with Crippen molar-refractivity contribution < 1.29 is 14.3 Å². The summed E-state index contributed by atoms with van der Waals surface area (Å²) in [6.45, 7) is 9.17. The molecule has 0 radical (unpaired) electrons. The van der Waals surface area contributed by atoms with Crippen LogP contribution in [0.2, 0.25) is 10.0 Å². The van der Waals surface area contributed by atoms with Crippen LogP contribution >= 0.6 is 23.2 Å². The third-order valence-electron chi connectivity index (χ3n) is 9.67. The molecule has 6 rings (SSSR count). The number of rotatable bonds is 8. The van der Waals surface area contributed by atoms with Crippen LogP contribution in [0.4, 0.5) is 0 Å². The number of fused-ring (bicyclic) bond motifs is 2. The number of hydrogen-bond acceptors (Lipinski definition) is 4. The van der Waals surface area contributed by atoms with Crippen LogP contribution < -0.4 is 4.74 Å². The van der Waals surface area contributed by atoms with Gasteiger partial charge in [0.25, 0.3) is 0 Å². The average Bonchev–Trinajstić information content (AvgIpc) is 3.36. The van der Waals surface area contributed by atoms with Crippen LogP contribution in [0.3, 0.4) is 0 Å². The number of carbonyl (C=O) groups is 1. The lowest BCUT2D eigenvalue weighted by Crippen LogP contribution is -2.51. The van der Waals surface area contributed by atoms with Crippen molar-refractivity contribution in [2.75, 3.05) is 32.7 Å². The van der Waals surface area contributed by atoms with Crippen molar-refractivity contribution in [3.63, 3.8) is 0 Å². The van der Waals surface area contributed by atoms with Gasteiger partial charge in [0, 0.05) is 31.6 Å². The van der Waals surface area contributed by atoms with Crippen LogP contribution in [0.1, 0.15) is 68.2 Å². The summed E-state index contributed by atoms with van der Waals surface area (Å²) in [4.78, 5) is 18.4. The molecule has 5 nitrogen and oxygen atoms in total. The van der Waals surface area contributed by atoms with E-state index in [0.29, 0.717) is 23.0 Å². The van der Waals surface area contributed by atoms with Crippen LogP contribution in [-0.2, 0) is 33.6 Å². The van der Waals surface area contributed by atoms with Crippen LogP contribution in [0, 0.1) is 0 Å². The van der Waals surface area contributed by atoms with Crippen LogP contribution in [0.15, 0.2) is 66.7 Å². The van der Waals surface area contributed by atoms with E-state index in [4.69, 9.17) is 32.7 Å². The van der Waals surface area contributed by atoms with Gasteiger partial charge in [0.2, 0.25) is 5.91 Å². The number of piperidine rings is 2. The Balaban J connectivity index is 1.16. The van der Waals surface area contributed by atoms with E-state index in [0.717, 1.165) is 76.2 Å². The fourth-order valence-electron chi connectivity index (χ4n) is 7.35. The summed E-state index contributed by atoms with van der Waals surface area (Å²) in [5.41, 5.74) is 4.54. The lowest BCUT2D eigenvalue weighted by molar-refractivity contribution is -0.133. The number of likely N-dealkylation sites (tertiary alicyclic amines) is 2. The molecule has 0 aromatic heterocycles. The van der Waals surface area contributed by atoms with Crippen molar-refractivity contribution in [2.45, 2.75) is 76.1 Å². The lowest BCUT2D eigenvalue weighted by atomic mass is 9.71. The number of benzene rings is 3. The number of hydrogen-bond donors (Lipinski definition) is 0. The van der Waals surface area contributed by atoms with Gasteiger partial charge in [-0.05, 0) is 99.0 Å². The summed E-state index contributed by atoms with van der Waals surface area (Å²) in [5.74, 6) is 0.960. The van der Waals surface area contributed by atoms with E-state index in [1.54, 1.807) is 0 Å². The molecule has 0 bridgehead atoms. The predicted octanol–water partition coefficient (Wildman–Crippen LogP) is 7.80. The second-order valence-corrected chi connectivity index (χ2v) is 13.7. The summed E-state index contributed by atoms with van der Waals surface area (Å²) in [5, 5.41) is 1.13. The largest absolute Gasteiger partial charge is 0.491 e. The molecule has 0 saturated carbocycles. The minimum absolute atomic E-state index is 0.0896. The molecule has 1 spiro atoms. The Kier molecular flexibility index (Phi) is 9.07. The first-order valence-electron chi connectivity index (χ1n) is 15.7. The van der Waals surface area contributed by atoms with Gasteiger partial charge in [-0.2, -0.15) is 0 Å². The van der Waals surface area contributed by atoms with Gasteiger partial charge in [-0.1, -0.05) is 65.7 Å². The molecule has 1 unspecified atom stereocenters. The van der Waals surface area contributed by atoms with Gasteiger partial charge in [-0.15, -0.1) is 0 Å². The van der Waals surface area contributed by atoms with Gasteiger partial charge in [0.05, 0.1) is 34.8 Å². The van der Waals surface area contributed by atoms with Crippen molar-refractivity contribution >= 4 is 29.1 Å². The van der Waals surface area contributed by atoms with Crippen molar-refractivity contribution in [2.24, 2.45) is 0 Å². The van der Waals surface area contributed by atoms with Gasteiger partial charge in [0.1, 0.15) is 5.75 Å². The molecule has 2 fully saturated rings. The number of amides is 1. The van der Waals surface area contributed by atoms with Crippen molar-refractivity contribution in [3.8, 4) is 5.75 Å².